The van der Waals surface area contributed by atoms with Gasteiger partial charge in [-0.05, 0) is 55.7 Å². The maximum atomic E-state index is 13.9. The molecule has 17 heteroatoms. The lowest BCUT2D eigenvalue weighted by Crippen LogP contribution is -2.47. The molecule has 0 spiro atoms. The van der Waals surface area contributed by atoms with Gasteiger partial charge in [0, 0.05) is 23.4 Å². The van der Waals surface area contributed by atoms with Crippen molar-refractivity contribution in [2.45, 2.75) is 48.0 Å². The van der Waals surface area contributed by atoms with Crippen LogP contribution in [0.15, 0.2) is 40.4 Å². The highest BCUT2D eigenvalue weighted by Crippen LogP contribution is 2.51. The van der Waals surface area contributed by atoms with E-state index in [9.17, 15) is 53.4 Å². The molecule has 3 aromatic carbocycles. The van der Waals surface area contributed by atoms with Gasteiger partial charge in [0.2, 0.25) is 5.82 Å². The van der Waals surface area contributed by atoms with E-state index in [0.29, 0.717) is 25.0 Å². The van der Waals surface area contributed by atoms with Crippen molar-refractivity contribution in [1.29, 1.82) is 0 Å². The third kappa shape index (κ3) is 6.17. The number of hydrogen-bond acceptors (Lipinski definition) is 6. The molecule has 2 atom stereocenters. The number of hydrogen-bond donors (Lipinski definition) is 2. The quantitative estimate of drug-likeness (QED) is 0.0908. The summed E-state index contributed by atoms with van der Waals surface area (Å²) in [5.74, 6) is -18.0. The molecule has 246 valence electrons. The summed E-state index contributed by atoms with van der Waals surface area (Å²) in [6.07, 6.45) is 1.25. The van der Waals surface area contributed by atoms with Gasteiger partial charge in [0.05, 0.1) is 26.9 Å². The summed E-state index contributed by atoms with van der Waals surface area (Å²) < 4.78 is 136. The van der Waals surface area contributed by atoms with Gasteiger partial charge in [-0.15, -0.1) is 0 Å². The lowest BCUT2D eigenvalue weighted by Gasteiger charge is -2.38. The zero-order valence-corrected chi connectivity index (χ0v) is 24.6. The largest absolute Gasteiger partial charge is 0.391 e. The molecule has 2 bridgehead atoms. The minimum absolute atomic E-state index is 0.164. The Morgan fingerprint density at radius 1 is 0.913 bits per heavy atom. The third-order valence-electron chi connectivity index (χ3n) is 8.05. The Morgan fingerprint density at radius 2 is 1.46 bits per heavy atom. The van der Waals surface area contributed by atoms with Gasteiger partial charge < -0.3 is 15.3 Å². The fraction of sp³-hybridized carbons (Fsp3) is 0.310. The number of nitrogens with one attached hydrogen (secondary N) is 1. The minimum Gasteiger partial charge on any atom is -0.391 e. The average molecular weight is 697 g/mol. The summed E-state index contributed by atoms with van der Waals surface area (Å²) >= 11 is 6.22. The fourth-order valence-electron chi connectivity index (χ4n) is 6.04. The Kier molecular flexibility index (Phi) is 9.09. The first-order valence-electron chi connectivity index (χ1n) is 13.4. The summed E-state index contributed by atoms with van der Waals surface area (Å²) in [6, 6.07) is 4.38. The van der Waals surface area contributed by atoms with Crippen LogP contribution in [0.2, 0.25) is 5.02 Å². The Hall–Kier alpha value is -3.76. The van der Waals surface area contributed by atoms with E-state index >= 15 is 0 Å². The molecule has 3 aromatic rings. The number of oxime groups is 1. The second-order valence-corrected chi connectivity index (χ2v) is 13.5. The topological polar surface area (TPSA) is 105 Å². The average Bonchev–Trinajstić information content (AvgIpc) is 3.30. The first-order valence-corrected chi connectivity index (χ1v) is 15.3. The van der Waals surface area contributed by atoms with Crippen molar-refractivity contribution in [2.24, 2.45) is 17.0 Å². The Labute approximate surface area is 260 Å². The van der Waals surface area contributed by atoms with Crippen LogP contribution in [-0.4, -0.2) is 36.5 Å². The number of nitrogens with zero attached hydrogens (tertiary/aromatic N) is 1. The number of amides is 1. The number of rotatable bonds is 8. The molecule has 2 aliphatic rings. The molecule has 0 aromatic heterocycles. The number of carbonyl (C=O) groups is 1. The molecule has 5 rings (SSSR count). The lowest BCUT2D eigenvalue weighted by atomic mass is 9.78. The number of halogens is 9. The highest BCUT2D eigenvalue weighted by Gasteiger charge is 2.54. The number of fused-ring (bicyclic) bond motifs is 2. The summed E-state index contributed by atoms with van der Waals surface area (Å²) in [4.78, 5) is 17.1. The van der Waals surface area contributed by atoms with Crippen molar-refractivity contribution in [1.82, 2.24) is 0 Å². The molecule has 2 N–H and O–H groups in total. The number of anilines is 1. The van der Waals surface area contributed by atoms with Crippen molar-refractivity contribution < 1.29 is 58.3 Å². The van der Waals surface area contributed by atoms with Gasteiger partial charge in [0.15, 0.2) is 50.6 Å². The summed E-state index contributed by atoms with van der Waals surface area (Å²) in [5.41, 5.74) is -3.70. The minimum atomic E-state index is -4.26. The van der Waals surface area contributed by atoms with E-state index in [0.717, 1.165) is 18.3 Å². The molecule has 2 aliphatic carbocycles. The van der Waals surface area contributed by atoms with Crippen LogP contribution in [0.4, 0.5) is 40.8 Å². The molecule has 0 radical (unpaired) electrons. The highest BCUT2D eigenvalue weighted by atomic mass is 35.5. The first kappa shape index (κ1) is 33.6. The molecule has 2 saturated carbocycles. The normalized spacial score (nSPS) is 22.8. The molecule has 0 unspecified atom stereocenters. The van der Waals surface area contributed by atoms with Crippen LogP contribution >= 0.6 is 11.6 Å². The summed E-state index contributed by atoms with van der Waals surface area (Å²) in [7, 11) is -4.26. The van der Waals surface area contributed by atoms with E-state index in [1.807, 2.05) is 0 Å². The van der Waals surface area contributed by atoms with Gasteiger partial charge in [-0.1, -0.05) is 16.8 Å². The predicted molar refractivity (Wildman–Crippen MR) is 147 cm³/mol. The maximum absolute atomic E-state index is 13.9. The van der Waals surface area contributed by atoms with E-state index < -0.39 is 108 Å². The first-order chi connectivity index (χ1) is 21.5. The van der Waals surface area contributed by atoms with Gasteiger partial charge in [-0.25, -0.2) is 43.5 Å². The van der Waals surface area contributed by atoms with Crippen LogP contribution in [-0.2, 0) is 21.3 Å². The van der Waals surface area contributed by atoms with E-state index in [4.69, 9.17) is 16.4 Å². The fourth-order valence-corrected chi connectivity index (χ4v) is 8.88. The van der Waals surface area contributed by atoms with Crippen LogP contribution in [0.3, 0.4) is 0 Å². The number of benzene rings is 3. The van der Waals surface area contributed by atoms with Crippen molar-refractivity contribution in [3.8, 4) is 0 Å². The van der Waals surface area contributed by atoms with Crippen LogP contribution in [0.1, 0.15) is 41.6 Å². The molecule has 0 heterocycles. The van der Waals surface area contributed by atoms with E-state index in [1.165, 1.54) is 6.07 Å². The van der Waals surface area contributed by atoms with Crippen molar-refractivity contribution in [3.63, 3.8) is 0 Å². The summed E-state index contributed by atoms with van der Waals surface area (Å²) in [6.45, 7) is -1.16. The second kappa shape index (κ2) is 12.4. The standard InChI is InChI=1S/C29H21ClF8N2O5S/c30-17-4-3-12(28(41)40-15-6-18(31)23(35)19(32)7-15)5-20(17)46(43,44)27-13-1-2-14(27)9-29(42,8-13)11-39-45-10-16-21(33)24(36)26(38)25(37)22(16)34/h3-7,11,13-14,27,42H,1-2,8-10H2,(H,40,41)/b39-11+/t13-,14-,27?,29?/m0/s1. The zero-order chi connectivity index (χ0) is 33.7. The number of aliphatic hydroxyl groups is 1. The van der Waals surface area contributed by atoms with Gasteiger partial charge in [-0.3, -0.25) is 4.79 Å². The molecule has 1 amide bonds. The van der Waals surface area contributed by atoms with E-state index in [1.54, 1.807) is 0 Å². The van der Waals surface area contributed by atoms with Crippen LogP contribution < -0.4 is 5.32 Å². The monoisotopic (exact) mass is 696 g/mol. The number of carbonyl (C=O) groups excluding carboxylic acids is 1. The van der Waals surface area contributed by atoms with Gasteiger partial charge in [0.25, 0.3) is 5.91 Å². The predicted octanol–water partition coefficient (Wildman–Crippen LogP) is 6.60. The van der Waals surface area contributed by atoms with Gasteiger partial charge in [0.1, 0.15) is 12.2 Å². The molecular weight excluding hydrogens is 676 g/mol. The molecule has 2 fully saturated rings. The smallest absolute Gasteiger partial charge is 0.255 e. The molecule has 0 aliphatic heterocycles. The Morgan fingerprint density at radius 3 is 2.02 bits per heavy atom. The van der Waals surface area contributed by atoms with Crippen molar-refractivity contribution >= 4 is 39.2 Å². The number of sulfone groups is 1. The van der Waals surface area contributed by atoms with E-state index in [-0.39, 0.29) is 23.4 Å². The molecule has 0 saturated heterocycles. The van der Waals surface area contributed by atoms with Crippen LogP contribution in [0.5, 0.6) is 0 Å². The molecule has 46 heavy (non-hydrogen) atoms. The molecular formula is C29H21ClF8N2O5S. The SMILES string of the molecule is O=C(Nc1cc(F)c(F)c(F)c1)c1ccc(Cl)c(S(=O)(=O)C2[C@H]3CC[C@H]2CC(O)(/C=N/OCc2c(F)c(F)c(F)c(F)c2F)C3)c1. The summed E-state index contributed by atoms with van der Waals surface area (Å²) in [5, 5.41) is 15.4. The van der Waals surface area contributed by atoms with Crippen molar-refractivity contribution in [2.75, 3.05) is 5.32 Å². The molecule has 7 nitrogen and oxygen atoms in total. The third-order valence-corrected chi connectivity index (χ3v) is 10.9. The van der Waals surface area contributed by atoms with E-state index in [2.05, 4.69) is 10.5 Å². The maximum Gasteiger partial charge on any atom is 0.255 e. The Balaban J connectivity index is 1.31. The Bertz CT molecular complexity index is 1810. The van der Waals surface area contributed by atoms with Gasteiger partial charge >= 0.3 is 0 Å². The lowest BCUT2D eigenvalue weighted by molar-refractivity contribution is 0.0407. The van der Waals surface area contributed by atoms with Crippen LogP contribution in [0, 0.1) is 58.4 Å². The van der Waals surface area contributed by atoms with Crippen LogP contribution in [0.25, 0.3) is 0 Å². The van der Waals surface area contributed by atoms with Crippen molar-refractivity contribution in [3.05, 3.63) is 93.0 Å². The second-order valence-electron chi connectivity index (χ2n) is 11.0. The highest BCUT2D eigenvalue weighted by molar-refractivity contribution is 7.92. The van der Waals surface area contributed by atoms with Gasteiger partial charge in [-0.2, -0.15) is 0 Å². The zero-order valence-electron chi connectivity index (χ0n) is 23.1.